The first-order valence-corrected chi connectivity index (χ1v) is 8.62. The van der Waals surface area contributed by atoms with Gasteiger partial charge >= 0.3 is 5.97 Å². The van der Waals surface area contributed by atoms with Gasteiger partial charge in [0.05, 0.1) is 6.10 Å². The molecule has 3 heteroatoms. The monoisotopic (exact) mass is 320 g/mol. The maximum Gasteiger partial charge on any atom is 0.303 e. The summed E-state index contributed by atoms with van der Waals surface area (Å²) in [5.74, 6) is -0.723. The normalized spacial score (nSPS) is 13.8. The molecule has 0 aliphatic rings. The van der Waals surface area contributed by atoms with Crippen LogP contribution in [0.5, 0.6) is 0 Å². The largest absolute Gasteiger partial charge is 0.481 e. The van der Waals surface area contributed by atoms with E-state index in [1.807, 2.05) is 13.0 Å². The first-order valence-electron chi connectivity index (χ1n) is 8.62. The van der Waals surface area contributed by atoms with E-state index in [9.17, 15) is 4.79 Å². The second kappa shape index (κ2) is 16.8. The van der Waals surface area contributed by atoms with Gasteiger partial charge in [-0.15, -0.1) is 0 Å². The summed E-state index contributed by atoms with van der Waals surface area (Å²) >= 11 is 0. The summed E-state index contributed by atoms with van der Waals surface area (Å²) in [7, 11) is 0. The Morgan fingerprint density at radius 2 is 1.26 bits per heavy atom. The molecular weight excluding hydrogens is 288 g/mol. The van der Waals surface area contributed by atoms with Crippen molar-refractivity contribution in [1.82, 2.24) is 0 Å². The Hall–Kier alpha value is -1.61. The molecule has 23 heavy (non-hydrogen) atoms. The first-order chi connectivity index (χ1) is 11.1. The van der Waals surface area contributed by atoms with Gasteiger partial charge in [-0.3, -0.25) is 4.79 Å². The Labute approximate surface area is 141 Å². The van der Waals surface area contributed by atoms with Crippen LogP contribution in [0.2, 0.25) is 0 Å². The molecular formula is C20H32O3. The average Bonchev–Trinajstić information content (AvgIpc) is 2.49. The number of carbonyl (C=O) groups is 1. The van der Waals surface area contributed by atoms with E-state index in [-0.39, 0.29) is 12.5 Å². The van der Waals surface area contributed by atoms with Crippen molar-refractivity contribution in [3.05, 3.63) is 48.6 Å². The number of hydrogen-bond donors (Lipinski definition) is 2. The molecule has 0 saturated carbocycles. The fourth-order valence-corrected chi connectivity index (χ4v) is 1.95. The molecule has 2 N–H and O–H groups in total. The molecule has 0 aromatic carbocycles. The molecule has 130 valence electrons. The highest BCUT2D eigenvalue weighted by Crippen LogP contribution is 2.02. The Kier molecular flexibility index (Phi) is 15.6. The van der Waals surface area contributed by atoms with Gasteiger partial charge in [-0.2, -0.15) is 0 Å². The Morgan fingerprint density at radius 3 is 1.70 bits per heavy atom. The molecule has 0 radical (unpaired) electrons. The van der Waals surface area contributed by atoms with Crippen LogP contribution in [-0.2, 0) is 4.79 Å². The van der Waals surface area contributed by atoms with Gasteiger partial charge in [0.25, 0.3) is 0 Å². The number of carboxylic acids is 1. The van der Waals surface area contributed by atoms with Crippen LogP contribution in [0.3, 0.4) is 0 Å². The van der Waals surface area contributed by atoms with Gasteiger partial charge in [0.2, 0.25) is 0 Å². The molecule has 0 spiro atoms. The van der Waals surface area contributed by atoms with Gasteiger partial charge < -0.3 is 10.2 Å². The van der Waals surface area contributed by atoms with Crippen LogP contribution in [0.4, 0.5) is 0 Å². The van der Waals surface area contributed by atoms with Crippen molar-refractivity contribution in [2.24, 2.45) is 0 Å². The van der Waals surface area contributed by atoms with Crippen molar-refractivity contribution in [2.75, 3.05) is 0 Å². The number of unbranched alkanes of at least 4 members (excludes halogenated alkanes) is 2. The molecule has 0 aliphatic carbocycles. The fraction of sp³-hybridized carbons (Fsp3) is 0.550. The molecule has 0 bridgehead atoms. The minimum absolute atomic E-state index is 0.185. The lowest BCUT2D eigenvalue weighted by atomic mass is 10.1. The van der Waals surface area contributed by atoms with E-state index in [4.69, 9.17) is 10.2 Å². The van der Waals surface area contributed by atoms with Crippen molar-refractivity contribution >= 4 is 5.97 Å². The average molecular weight is 320 g/mol. The number of hydrogen-bond acceptors (Lipinski definition) is 2. The number of rotatable bonds is 14. The minimum atomic E-state index is -0.723. The van der Waals surface area contributed by atoms with E-state index in [1.54, 1.807) is 0 Å². The van der Waals surface area contributed by atoms with Crippen LogP contribution in [0.1, 0.15) is 64.7 Å². The topological polar surface area (TPSA) is 57.5 Å². The molecule has 0 aliphatic heterocycles. The Balaban J connectivity index is 3.43. The highest BCUT2D eigenvalue weighted by atomic mass is 16.4. The smallest absolute Gasteiger partial charge is 0.303 e. The molecule has 0 unspecified atom stereocenters. The zero-order valence-corrected chi connectivity index (χ0v) is 14.4. The van der Waals surface area contributed by atoms with Crippen molar-refractivity contribution in [2.45, 2.75) is 70.8 Å². The van der Waals surface area contributed by atoms with E-state index in [1.165, 1.54) is 0 Å². The van der Waals surface area contributed by atoms with Gasteiger partial charge in [-0.25, -0.2) is 0 Å². The van der Waals surface area contributed by atoms with E-state index >= 15 is 0 Å². The molecule has 0 aromatic heterocycles. The van der Waals surface area contributed by atoms with Gasteiger partial charge in [-0.1, -0.05) is 48.6 Å². The SMILES string of the molecule is C[C@H](O)CCC/C=C\C/C=C\C/C=C\C/C=C\CCCC(=O)O. The summed E-state index contributed by atoms with van der Waals surface area (Å²) in [5, 5.41) is 17.6. The minimum Gasteiger partial charge on any atom is -0.481 e. The third kappa shape index (κ3) is 20.4. The highest BCUT2D eigenvalue weighted by molar-refractivity contribution is 5.66. The predicted octanol–water partition coefficient (Wildman–Crippen LogP) is 5.19. The number of carboxylic acid groups (broad SMARTS) is 1. The highest BCUT2D eigenvalue weighted by Gasteiger charge is 1.93. The number of aliphatic carboxylic acids is 1. The molecule has 1 atom stereocenters. The van der Waals surface area contributed by atoms with Crippen molar-refractivity contribution < 1.29 is 15.0 Å². The zero-order valence-electron chi connectivity index (χ0n) is 14.4. The van der Waals surface area contributed by atoms with E-state index < -0.39 is 5.97 Å². The lowest BCUT2D eigenvalue weighted by Crippen LogP contribution is -1.97. The van der Waals surface area contributed by atoms with Gasteiger partial charge in [0.1, 0.15) is 0 Å². The molecule has 0 aromatic rings. The summed E-state index contributed by atoms with van der Waals surface area (Å²) in [5.41, 5.74) is 0. The summed E-state index contributed by atoms with van der Waals surface area (Å²) in [6.45, 7) is 1.83. The molecule has 0 heterocycles. The lowest BCUT2D eigenvalue weighted by molar-refractivity contribution is -0.137. The van der Waals surface area contributed by atoms with Crippen LogP contribution in [0.25, 0.3) is 0 Å². The van der Waals surface area contributed by atoms with Crippen LogP contribution in [-0.4, -0.2) is 22.3 Å². The lowest BCUT2D eigenvalue weighted by Gasteiger charge is -1.99. The first kappa shape index (κ1) is 21.4. The molecule has 0 rings (SSSR count). The standard InChI is InChI=1S/C20H32O3/c1-19(21)17-15-13-11-9-7-5-3-2-4-6-8-10-12-14-16-18-20(22)23/h3-6,9-12,19,21H,2,7-8,13-18H2,1H3,(H,22,23)/b5-3-,6-4-,11-9-,12-10-/t19-/m0/s1. The van der Waals surface area contributed by atoms with E-state index in [2.05, 4.69) is 42.5 Å². The second-order valence-corrected chi connectivity index (χ2v) is 5.66. The maximum atomic E-state index is 10.3. The maximum absolute atomic E-state index is 10.3. The van der Waals surface area contributed by atoms with Gasteiger partial charge in [-0.05, 0) is 58.3 Å². The van der Waals surface area contributed by atoms with Gasteiger partial charge in [0.15, 0.2) is 0 Å². The van der Waals surface area contributed by atoms with Crippen LogP contribution < -0.4 is 0 Å². The van der Waals surface area contributed by atoms with Crippen molar-refractivity contribution in [3.63, 3.8) is 0 Å². The second-order valence-electron chi connectivity index (χ2n) is 5.66. The number of aliphatic hydroxyl groups is 1. The third-order valence-corrected chi connectivity index (χ3v) is 3.24. The Bertz CT molecular complexity index is 390. The molecule has 3 nitrogen and oxygen atoms in total. The van der Waals surface area contributed by atoms with Crippen LogP contribution >= 0.6 is 0 Å². The predicted molar refractivity (Wildman–Crippen MR) is 97.4 cm³/mol. The molecule has 0 amide bonds. The van der Waals surface area contributed by atoms with E-state index in [0.29, 0.717) is 6.42 Å². The summed E-state index contributed by atoms with van der Waals surface area (Å²) in [6, 6.07) is 0. The van der Waals surface area contributed by atoms with Crippen molar-refractivity contribution in [3.8, 4) is 0 Å². The number of aliphatic hydroxyl groups excluding tert-OH is 1. The zero-order chi connectivity index (χ0) is 17.2. The summed E-state index contributed by atoms with van der Waals surface area (Å²) in [4.78, 5) is 10.3. The van der Waals surface area contributed by atoms with Crippen LogP contribution in [0.15, 0.2) is 48.6 Å². The summed E-state index contributed by atoms with van der Waals surface area (Å²) < 4.78 is 0. The quantitative estimate of drug-likeness (QED) is 0.342. The fourth-order valence-electron chi connectivity index (χ4n) is 1.95. The third-order valence-electron chi connectivity index (χ3n) is 3.24. The number of allylic oxidation sites excluding steroid dienone is 8. The van der Waals surface area contributed by atoms with E-state index in [0.717, 1.165) is 44.9 Å². The molecule has 0 saturated heterocycles. The van der Waals surface area contributed by atoms with Crippen LogP contribution in [0, 0.1) is 0 Å². The van der Waals surface area contributed by atoms with Gasteiger partial charge in [0, 0.05) is 6.42 Å². The molecule has 0 fully saturated rings. The summed E-state index contributed by atoms with van der Waals surface area (Å²) in [6.07, 6.45) is 24.5. The Morgan fingerprint density at radius 1 is 0.826 bits per heavy atom. The van der Waals surface area contributed by atoms with Crippen molar-refractivity contribution in [1.29, 1.82) is 0 Å².